The van der Waals surface area contributed by atoms with E-state index < -0.39 is 0 Å². The molecule has 0 atom stereocenters. The molecule has 1 aromatic carbocycles. The number of aldehydes is 1. The Hall–Kier alpha value is -1.35. The van der Waals surface area contributed by atoms with Crippen LogP contribution in [0.25, 0.3) is 0 Å². The fourth-order valence-electron chi connectivity index (χ4n) is 4.32. The number of carbonyl (C=O) groups is 1. The van der Waals surface area contributed by atoms with Gasteiger partial charge in [-0.25, -0.2) is 0 Å². The summed E-state index contributed by atoms with van der Waals surface area (Å²) < 4.78 is 6.94. The van der Waals surface area contributed by atoms with Gasteiger partial charge < -0.3 is 9.22 Å². The van der Waals surface area contributed by atoms with Crippen LogP contribution in [0.5, 0.6) is 5.75 Å². The van der Waals surface area contributed by atoms with E-state index in [0.29, 0.717) is 5.56 Å². The number of ether oxygens (including phenoxy) is 1. The Morgan fingerprint density at radius 1 is 0.656 bits per heavy atom. The summed E-state index contributed by atoms with van der Waals surface area (Å²) in [6, 6.07) is 7.36. The van der Waals surface area contributed by atoms with Crippen molar-refractivity contribution in [2.24, 2.45) is 0 Å². The van der Waals surface area contributed by atoms with Crippen LogP contribution in [-0.2, 0) is 0 Å². The van der Waals surface area contributed by atoms with Crippen LogP contribution < -0.4 is 4.74 Å². The number of hydrogen-bond acceptors (Lipinski definition) is 2. The molecule has 0 radical (unpaired) electrons. The second kappa shape index (κ2) is 19.1. The van der Waals surface area contributed by atoms with Crippen LogP contribution in [0, 0.1) is 0 Å². The van der Waals surface area contributed by atoms with Crippen LogP contribution >= 0.6 is 0 Å². The highest BCUT2D eigenvalue weighted by atomic mass is 16.5. The Bertz CT molecular complexity index is 553. The molecule has 32 heavy (non-hydrogen) atoms. The summed E-state index contributed by atoms with van der Waals surface area (Å²) in [5, 5.41) is 0. The molecule has 3 heteroatoms. The molecule has 0 spiro atoms. The van der Waals surface area contributed by atoms with E-state index in [9.17, 15) is 4.79 Å². The third-order valence-electron chi connectivity index (χ3n) is 6.56. The molecule has 0 aromatic heterocycles. The van der Waals surface area contributed by atoms with Gasteiger partial charge in [0.25, 0.3) is 0 Å². The Labute approximate surface area is 199 Å². The summed E-state index contributed by atoms with van der Waals surface area (Å²) in [6.45, 7) is 5.74. The zero-order valence-corrected chi connectivity index (χ0v) is 21.6. The molecule has 0 heterocycles. The topological polar surface area (TPSA) is 26.3 Å². The number of unbranched alkanes of at least 4 members (excludes halogenated alkanes) is 14. The van der Waals surface area contributed by atoms with Gasteiger partial charge in [0.05, 0.1) is 33.8 Å². The second-order valence-electron chi connectivity index (χ2n) is 10.2. The van der Waals surface area contributed by atoms with E-state index in [4.69, 9.17) is 4.74 Å². The van der Waals surface area contributed by atoms with Gasteiger partial charge >= 0.3 is 0 Å². The van der Waals surface area contributed by atoms with Crippen LogP contribution in [0.2, 0.25) is 0 Å². The van der Waals surface area contributed by atoms with Gasteiger partial charge in [-0.05, 0) is 56.4 Å². The van der Waals surface area contributed by atoms with Crippen molar-refractivity contribution in [1.82, 2.24) is 0 Å². The van der Waals surface area contributed by atoms with Crippen LogP contribution in [0.3, 0.4) is 0 Å². The molecule has 184 valence electrons. The van der Waals surface area contributed by atoms with Crippen molar-refractivity contribution in [1.29, 1.82) is 0 Å². The molecule has 0 saturated carbocycles. The highest BCUT2D eigenvalue weighted by Crippen LogP contribution is 2.14. The normalized spacial score (nSPS) is 11.6. The maximum Gasteiger partial charge on any atom is 0.150 e. The van der Waals surface area contributed by atoms with Crippen molar-refractivity contribution in [3.63, 3.8) is 0 Å². The lowest BCUT2D eigenvalue weighted by atomic mass is 10.1. The second-order valence-corrected chi connectivity index (χ2v) is 10.2. The smallest absolute Gasteiger partial charge is 0.150 e. The van der Waals surface area contributed by atoms with Crippen molar-refractivity contribution in [3.05, 3.63) is 29.8 Å². The summed E-state index contributed by atoms with van der Waals surface area (Å²) in [7, 11) is 4.83. The molecule has 3 nitrogen and oxygen atoms in total. The average molecular weight is 447 g/mol. The third kappa shape index (κ3) is 16.3. The zero-order valence-electron chi connectivity index (χ0n) is 21.6. The van der Waals surface area contributed by atoms with Crippen molar-refractivity contribution in [2.45, 2.75) is 110 Å². The highest BCUT2D eigenvalue weighted by Gasteiger charge is 2.13. The molecular weight excluding hydrogens is 394 g/mol. The summed E-state index contributed by atoms with van der Waals surface area (Å²) in [4.78, 5) is 10.7. The molecule has 0 aliphatic carbocycles. The van der Waals surface area contributed by atoms with Crippen LogP contribution in [-0.4, -0.2) is 44.6 Å². The Kier molecular flexibility index (Phi) is 17.2. The Balaban J connectivity index is 1.86. The van der Waals surface area contributed by atoms with Crippen molar-refractivity contribution in [2.75, 3.05) is 33.8 Å². The molecule has 0 bridgehead atoms. The molecule has 0 aliphatic heterocycles. The van der Waals surface area contributed by atoms with E-state index in [-0.39, 0.29) is 0 Å². The number of carbonyl (C=O) groups excluding carboxylic acids is 1. The van der Waals surface area contributed by atoms with E-state index in [1.54, 1.807) is 12.1 Å². The first-order valence-corrected chi connectivity index (χ1v) is 13.6. The fraction of sp³-hybridized carbons (Fsp3) is 0.759. The van der Waals surface area contributed by atoms with E-state index >= 15 is 0 Å². The lowest BCUT2D eigenvalue weighted by Gasteiger charge is -2.30. The van der Waals surface area contributed by atoms with Gasteiger partial charge in [-0.3, -0.25) is 4.79 Å². The van der Waals surface area contributed by atoms with Crippen LogP contribution in [0.4, 0.5) is 0 Å². The number of benzene rings is 1. The summed E-state index contributed by atoms with van der Waals surface area (Å²) in [5.41, 5.74) is 0.698. The first-order chi connectivity index (χ1) is 15.6. The summed E-state index contributed by atoms with van der Waals surface area (Å²) in [6.07, 6.45) is 22.7. The molecule has 1 aromatic rings. The zero-order chi connectivity index (χ0) is 23.3. The fourth-order valence-corrected chi connectivity index (χ4v) is 4.32. The Morgan fingerprint density at radius 3 is 1.56 bits per heavy atom. The van der Waals surface area contributed by atoms with Gasteiger partial charge in [-0.2, -0.15) is 0 Å². The van der Waals surface area contributed by atoms with E-state index in [1.807, 2.05) is 12.1 Å². The van der Waals surface area contributed by atoms with Gasteiger partial charge in [0.1, 0.15) is 12.0 Å². The van der Waals surface area contributed by atoms with Crippen molar-refractivity contribution in [3.8, 4) is 5.75 Å². The minimum atomic E-state index is 0.698. The summed E-state index contributed by atoms with van der Waals surface area (Å²) >= 11 is 0. The minimum absolute atomic E-state index is 0.698. The molecule has 0 unspecified atom stereocenters. The molecule has 0 aliphatic rings. The molecular formula is C29H52NO2+. The van der Waals surface area contributed by atoms with Crippen molar-refractivity contribution < 1.29 is 14.0 Å². The van der Waals surface area contributed by atoms with E-state index in [1.165, 1.54) is 114 Å². The van der Waals surface area contributed by atoms with Gasteiger partial charge in [0, 0.05) is 5.56 Å². The van der Waals surface area contributed by atoms with Gasteiger partial charge in [-0.15, -0.1) is 0 Å². The quantitative estimate of drug-likeness (QED) is 0.102. The van der Waals surface area contributed by atoms with Gasteiger partial charge in [0.15, 0.2) is 0 Å². The lowest BCUT2D eigenvalue weighted by Crippen LogP contribution is -2.41. The molecule has 0 fully saturated rings. The molecule has 0 saturated heterocycles. The number of hydrogen-bond donors (Lipinski definition) is 0. The maximum absolute atomic E-state index is 10.7. The molecule has 0 amide bonds. The van der Waals surface area contributed by atoms with Crippen LogP contribution in [0.15, 0.2) is 24.3 Å². The average Bonchev–Trinajstić information content (AvgIpc) is 2.79. The largest absolute Gasteiger partial charge is 0.494 e. The predicted octanol–water partition coefficient (Wildman–Crippen LogP) is 8.22. The van der Waals surface area contributed by atoms with Gasteiger partial charge in [0.2, 0.25) is 0 Å². The van der Waals surface area contributed by atoms with E-state index in [0.717, 1.165) is 25.1 Å². The SMILES string of the molecule is CCCCCCCCCC[N+](C)(C)CCCCCCCCCCOc1ccc(C=O)cc1. The van der Waals surface area contributed by atoms with Gasteiger partial charge in [-0.1, -0.05) is 77.6 Å². The van der Waals surface area contributed by atoms with Crippen LogP contribution in [0.1, 0.15) is 120 Å². The number of nitrogens with zero attached hydrogens (tertiary/aromatic N) is 1. The highest BCUT2D eigenvalue weighted by molar-refractivity contribution is 5.74. The summed E-state index contributed by atoms with van der Waals surface area (Å²) in [5.74, 6) is 0.860. The van der Waals surface area contributed by atoms with E-state index in [2.05, 4.69) is 21.0 Å². The maximum atomic E-state index is 10.7. The molecule has 1 rings (SSSR count). The first-order valence-electron chi connectivity index (χ1n) is 13.6. The third-order valence-corrected chi connectivity index (χ3v) is 6.56. The Morgan fingerprint density at radius 2 is 1.09 bits per heavy atom. The standard InChI is InChI=1S/C29H52NO2/c1-4-5-6-7-8-11-14-17-24-30(2,3)25-18-15-12-9-10-13-16-19-26-32-29-22-20-28(27-31)21-23-29/h20-23,27H,4-19,24-26H2,1-3H3/q+1. The predicted molar refractivity (Wildman–Crippen MR) is 139 cm³/mol. The first kappa shape index (κ1) is 28.7. The minimum Gasteiger partial charge on any atom is -0.494 e. The molecule has 0 N–H and O–H groups in total. The lowest BCUT2D eigenvalue weighted by molar-refractivity contribution is -0.890. The number of quaternary nitrogens is 1. The monoisotopic (exact) mass is 446 g/mol. The van der Waals surface area contributed by atoms with Crippen molar-refractivity contribution >= 4 is 6.29 Å². The number of rotatable bonds is 22.